The van der Waals surface area contributed by atoms with Gasteiger partial charge in [-0.1, -0.05) is 0 Å². The number of benzene rings is 1. The zero-order valence-electron chi connectivity index (χ0n) is 9.15. The average molecular weight is 250 g/mol. The fraction of sp³-hybridized carbons (Fsp3) is 0.250. The van der Waals surface area contributed by atoms with E-state index in [9.17, 15) is 4.79 Å². The molecule has 2 aromatic rings. The summed E-state index contributed by atoms with van der Waals surface area (Å²) in [6.07, 6.45) is 0. The fourth-order valence-electron chi connectivity index (χ4n) is 1.96. The van der Waals surface area contributed by atoms with Gasteiger partial charge in [0, 0.05) is 16.2 Å². The lowest BCUT2D eigenvalue weighted by Crippen LogP contribution is -2.15. The predicted molar refractivity (Wildman–Crippen MR) is 64.5 cm³/mol. The maximum Gasteiger partial charge on any atom is 0.346 e. The third-order valence-electron chi connectivity index (χ3n) is 2.80. The molecule has 0 aliphatic carbocycles. The minimum Gasteiger partial charge on any atom is -0.486 e. The predicted octanol–water partition coefficient (Wildman–Crippen LogP) is 2.68. The Labute approximate surface area is 101 Å². The molecule has 1 aromatic carbocycles. The molecule has 17 heavy (non-hydrogen) atoms. The van der Waals surface area contributed by atoms with Crippen molar-refractivity contribution in [1.29, 1.82) is 0 Å². The van der Waals surface area contributed by atoms with Crippen LogP contribution in [0.4, 0.5) is 0 Å². The van der Waals surface area contributed by atoms with E-state index in [1.54, 1.807) is 0 Å². The summed E-state index contributed by atoms with van der Waals surface area (Å²) in [5.41, 5.74) is 0.787. The Morgan fingerprint density at radius 2 is 1.94 bits per heavy atom. The van der Waals surface area contributed by atoms with E-state index in [0.717, 1.165) is 15.6 Å². The molecule has 0 amide bonds. The molecule has 0 saturated carbocycles. The maximum atomic E-state index is 11.1. The van der Waals surface area contributed by atoms with Crippen LogP contribution in [-0.4, -0.2) is 24.3 Å². The van der Waals surface area contributed by atoms with Gasteiger partial charge in [-0.05, 0) is 18.6 Å². The highest BCUT2D eigenvalue weighted by Gasteiger charge is 2.19. The SMILES string of the molecule is Cc1c(C(=O)O)sc2cc3c(cc12)OCCO3. The molecule has 0 atom stereocenters. The number of fused-ring (bicyclic) bond motifs is 2. The van der Waals surface area contributed by atoms with Crippen LogP contribution in [0, 0.1) is 6.92 Å². The Balaban J connectivity index is 2.27. The Morgan fingerprint density at radius 1 is 1.29 bits per heavy atom. The molecule has 5 heteroatoms. The Morgan fingerprint density at radius 3 is 2.59 bits per heavy atom. The fourth-order valence-corrected chi connectivity index (χ4v) is 3.02. The zero-order valence-corrected chi connectivity index (χ0v) is 9.97. The van der Waals surface area contributed by atoms with Gasteiger partial charge >= 0.3 is 5.97 Å². The molecule has 0 spiro atoms. The van der Waals surface area contributed by atoms with Gasteiger partial charge in [0.2, 0.25) is 0 Å². The molecular weight excluding hydrogens is 240 g/mol. The van der Waals surface area contributed by atoms with Gasteiger partial charge in [0.15, 0.2) is 11.5 Å². The number of rotatable bonds is 1. The largest absolute Gasteiger partial charge is 0.486 e. The van der Waals surface area contributed by atoms with E-state index in [1.165, 1.54) is 11.3 Å². The lowest BCUT2D eigenvalue weighted by Gasteiger charge is -2.18. The van der Waals surface area contributed by atoms with Crippen LogP contribution in [0.3, 0.4) is 0 Å². The van der Waals surface area contributed by atoms with Crippen molar-refractivity contribution >= 4 is 27.4 Å². The van der Waals surface area contributed by atoms with Crippen LogP contribution < -0.4 is 9.47 Å². The van der Waals surface area contributed by atoms with Crippen molar-refractivity contribution < 1.29 is 19.4 Å². The normalized spacial score (nSPS) is 13.9. The molecule has 1 N–H and O–H groups in total. The van der Waals surface area contributed by atoms with Crippen molar-refractivity contribution in [2.24, 2.45) is 0 Å². The van der Waals surface area contributed by atoms with Crippen molar-refractivity contribution in [3.8, 4) is 11.5 Å². The van der Waals surface area contributed by atoms with Crippen LogP contribution in [-0.2, 0) is 0 Å². The molecule has 0 unspecified atom stereocenters. The van der Waals surface area contributed by atoms with Crippen LogP contribution in [0.15, 0.2) is 12.1 Å². The van der Waals surface area contributed by atoms with Crippen LogP contribution in [0.2, 0.25) is 0 Å². The molecule has 0 radical (unpaired) electrons. The van der Waals surface area contributed by atoms with Gasteiger partial charge < -0.3 is 14.6 Å². The topological polar surface area (TPSA) is 55.8 Å². The highest BCUT2D eigenvalue weighted by Crippen LogP contribution is 2.40. The molecule has 3 rings (SSSR count). The van der Waals surface area contributed by atoms with E-state index < -0.39 is 5.97 Å². The van der Waals surface area contributed by atoms with Crippen molar-refractivity contribution in [3.63, 3.8) is 0 Å². The summed E-state index contributed by atoms with van der Waals surface area (Å²) in [7, 11) is 0. The number of hydrogen-bond acceptors (Lipinski definition) is 4. The van der Waals surface area contributed by atoms with Gasteiger partial charge in [-0.25, -0.2) is 4.79 Å². The van der Waals surface area contributed by atoms with E-state index in [4.69, 9.17) is 14.6 Å². The number of carbonyl (C=O) groups is 1. The number of carboxylic acids is 1. The first-order chi connectivity index (χ1) is 8.16. The number of aryl methyl sites for hydroxylation is 1. The van der Waals surface area contributed by atoms with Crippen LogP contribution in [0.5, 0.6) is 11.5 Å². The number of thiophene rings is 1. The average Bonchev–Trinajstić information content (AvgIpc) is 2.64. The second-order valence-corrected chi connectivity index (χ2v) is 4.91. The lowest BCUT2D eigenvalue weighted by molar-refractivity contribution is 0.0701. The summed E-state index contributed by atoms with van der Waals surface area (Å²) < 4.78 is 11.9. The summed E-state index contributed by atoms with van der Waals surface area (Å²) >= 11 is 1.27. The van der Waals surface area contributed by atoms with E-state index in [0.29, 0.717) is 29.6 Å². The highest BCUT2D eigenvalue weighted by atomic mass is 32.1. The molecule has 88 valence electrons. The molecular formula is C12H10O4S. The molecule has 1 aliphatic heterocycles. The van der Waals surface area contributed by atoms with Crippen molar-refractivity contribution in [1.82, 2.24) is 0 Å². The van der Waals surface area contributed by atoms with E-state index in [1.807, 2.05) is 19.1 Å². The molecule has 1 aromatic heterocycles. The van der Waals surface area contributed by atoms with Gasteiger partial charge in [0.05, 0.1) is 0 Å². The Hall–Kier alpha value is -1.75. The van der Waals surface area contributed by atoms with Gasteiger partial charge in [0.25, 0.3) is 0 Å². The zero-order chi connectivity index (χ0) is 12.0. The first kappa shape index (κ1) is 10.4. The number of carboxylic acid groups (broad SMARTS) is 1. The third-order valence-corrected chi connectivity index (χ3v) is 4.04. The second kappa shape index (κ2) is 3.63. The van der Waals surface area contributed by atoms with Gasteiger partial charge in [-0.2, -0.15) is 0 Å². The summed E-state index contributed by atoms with van der Waals surface area (Å²) in [4.78, 5) is 11.4. The minimum absolute atomic E-state index is 0.377. The van der Waals surface area contributed by atoms with Crippen molar-refractivity contribution in [3.05, 3.63) is 22.6 Å². The third kappa shape index (κ3) is 1.54. The Kier molecular flexibility index (Phi) is 2.22. The molecule has 0 bridgehead atoms. The summed E-state index contributed by atoms with van der Waals surface area (Å²) in [5.74, 6) is 0.507. The van der Waals surface area contributed by atoms with E-state index in [2.05, 4.69) is 0 Å². The molecule has 0 saturated heterocycles. The smallest absolute Gasteiger partial charge is 0.346 e. The minimum atomic E-state index is -0.886. The van der Waals surface area contributed by atoms with Gasteiger partial charge in [-0.15, -0.1) is 11.3 Å². The molecule has 0 fully saturated rings. The molecule has 2 heterocycles. The van der Waals surface area contributed by atoms with Crippen LogP contribution >= 0.6 is 11.3 Å². The number of hydrogen-bond donors (Lipinski definition) is 1. The van der Waals surface area contributed by atoms with E-state index in [-0.39, 0.29) is 0 Å². The highest BCUT2D eigenvalue weighted by molar-refractivity contribution is 7.21. The van der Waals surface area contributed by atoms with Crippen LogP contribution in [0.1, 0.15) is 15.2 Å². The lowest BCUT2D eigenvalue weighted by atomic mass is 10.1. The number of aromatic carboxylic acids is 1. The van der Waals surface area contributed by atoms with E-state index >= 15 is 0 Å². The monoisotopic (exact) mass is 250 g/mol. The summed E-state index contributed by atoms with van der Waals surface area (Å²) in [6, 6.07) is 3.72. The van der Waals surface area contributed by atoms with Crippen molar-refractivity contribution in [2.45, 2.75) is 6.92 Å². The summed E-state index contributed by atoms with van der Waals surface area (Å²) in [5, 5.41) is 10.0. The number of ether oxygens (including phenoxy) is 2. The summed E-state index contributed by atoms with van der Waals surface area (Å²) in [6.45, 7) is 2.89. The standard InChI is InChI=1S/C12H10O4S/c1-6-7-4-8-9(16-3-2-15-8)5-10(7)17-11(6)12(13)14/h4-5H,2-3H2,1H3,(H,13,14). The maximum absolute atomic E-state index is 11.1. The van der Waals surface area contributed by atoms with Gasteiger partial charge in [-0.3, -0.25) is 0 Å². The first-order valence-electron chi connectivity index (χ1n) is 5.23. The molecule has 4 nitrogen and oxygen atoms in total. The van der Waals surface area contributed by atoms with Crippen molar-refractivity contribution in [2.75, 3.05) is 13.2 Å². The first-order valence-corrected chi connectivity index (χ1v) is 6.04. The quantitative estimate of drug-likeness (QED) is 0.845. The van der Waals surface area contributed by atoms with Crippen LogP contribution in [0.25, 0.3) is 10.1 Å². The second-order valence-electron chi connectivity index (χ2n) is 3.85. The Bertz CT molecular complexity index is 614. The van der Waals surface area contributed by atoms with Gasteiger partial charge in [0.1, 0.15) is 18.1 Å². The molecule has 1 aliphatic rings.